The first kappa shape index (κ1) is 14.3. The number of H-pyrrole nitrogens is 1. The molecule has 1 aliphatic rings. The first-order chi connectivity index (χ1) is 10.5. The largest absolute Gasteiger partial charge is 0.336 e. The molecule has 3 N–H and O–H groups in total. The molecule has 1 aromatic carbocycles. The van der Waals surface area contributed by atoms with Gasteiger partial charge in [0.15, 0.2) is 0 Å². The normalized spacial score (nSPS) is 14.1. The number of carbonyl (C=O) groups excluding carboxylic acids is 2. The Balaban J connectivity index is 1.85. The second kappa shape index (κ2) is 5.64. The fourth-order valence-electron chi connectivity index (χ4n) is 2.13. The number of rotatable bonds is 3. The number of nitrogens with zero attached hydrogens (tertiary/aromatic N) is 3. The molecule has 3 amide bonds. The van der Waals surface area contributed by atoms with Crippen molar-refractivity contribution in [3.8, 4) is 0 Å². The van der Waals surface area contributed by atoms with Crippen molar-refractivity contribution >= 4 is 35.2 Å². The Morgan fingerprint density at radius 1 is 1.45 bits per heavy atom. The Morgan fingerprint density at radius 2 is 2.27 bits per heavy atom. The predicted molar refractivity (Wildman–Crippen MR) is 81.3 cm³/mol. The molecule has 22 heavy (non-hydrogen) atoms. The summed E-state index contributed by atoms with van der Waals surface area (Å²) in [6.45, 7) is 2.78. The average Bonchev–Trinajstić information content (AvgIpc) is 3.08. The zero-order valence-electron chi connectivity index (χ0n) is 11.7. The molecular formula is C13H13ClN6O2. The number of urea groups is 1. The number of aryl methyl sites for hydroxylation is 1. The second-order valence-corrected chi connectivity index (χ2v) is 5.16. The fourth-order valence-corrected chi connectivity index (χ4v) is 2.35. The molecule has 0 radical (unpaired) electrons. The van der Waals surface area contributed by atoms with Crippen molar-refractivity contribution in [2.75, 3.05) is 23.3 Å². The summed E-state index contributed by atoms with van der Waals surface area (Å²) in [5.74, 6) is 0.412. The van der Waals surface area contributed by atoms with Crippen molar-refractivity contribution in [1.29, 1.82) is 0 Å². The van der Waals surface area contributed by atoms with Crippen molar-refractivity contribution in [2.24, 2.45) is 0 Å². The summed E-state index contributed by atoms with van der Waals surface area (Å²) in [7, 11) is 0. The zero-order valence-corrected chi connectivity index (χ0v) is 12.4. The quantitative estimate of drug-likeness (QED) is 0.798. The summed E-state index contributed by atoms with van der Waals surface area (Å²) < 4.78 is 0. The third-order valence-electron chi connectivity index (χ3n) is 3.18. The van der Waals surface area contributed by atoms with Gasteiger partial charge in [0.25, 0.3) is 5.91 Å². The highest BCUT2D eigenvalue weighted by Gasteiger charge is 2.24. The number of aromatic amines is 1. The van der Waals surface area contributed by atoms with E-state index in [1.54, 1.807) is 25.1 Å². The predicted octanol–water partition coefficient (Wildman–Crippen LogP) is 1.55. The van der Waals surface area contributed by atoms with Crippen LogP contribution in [-0.2, 0) is 0 Å². The lowest BCUT2D eigenvalue weighted by atomic mass is 10.1. The number of hydrogen-bond donors (Lipinski definition) is 3. The lowest BCUT2D eigenvalue weighted by Gasteiger charge is -2.16. The number of hydrogen-bond acceptors (Lipinski definition) is 4. The minimum Gasteiger partial charge on any atom is -0.336 e. The molecule has 1 fully saturated rings. The molecule has 114 valence electrons. The number of amides is 3. The monoisotopic (exact) mass is 320 g/mol. The van der Waals surface area contributed by atoms with E-state index < -0.39 is 0 Å². The van der Waals surface area contributed by atoms with E-state index in [2.05, 4.69) is 25.8 Å². The van der Waals surface area contributed by atoms with Crippen LogP contribution in [0.2, 0.25) is 5.02 Å². The number of halogens is 1. The summed E-state index contributed by atoms with van der Waals surface area (Å²) in [4.78, 5) is 29.5. The molecule has 1 aliphatic heterocycles. The van der Waals surface area contributed by atoms with E-state index in [0.29, 0.717) is 35.2 Å². The topological polar surface area (TPSA) is 103 Å². The van der Waals surface area contributed by atoms with Gasteiger partial charge in [0, 0.05) is 18.7 Å². The smallest absolute Gasteiger partial charge is 0.322 e. The van der Waals surface area contributed by atoms with Gasteiger partial charge in [-0.25, -0.2) is 4.79 Å². The molecule has 8 nitrogen and oxygen atoms in total. The Hall–Kier alpha value is -2.61. The van der Waals surface area contributed by atoms with Crippen molar-refractivity contribution < 1.29 is 9.59 Å². The number of nitrogens with one attached hydrogen (secondary N) is 3. The highest BCUT2D eigenvalue weighted by atomic mass is 35.5. The van der Waals surface area contributed by atoms with E-state index in [1.165, 1.54) is 4.90 Å². The lowest BCUT2D eigenvalue weighted by molar-refractivity contribution is 0.102. The van der Waals surface area contributed by atoms with E-state index in [9.17, 15) is 9.59 Å². The second-order valence-electron chi connectivity index (χ2n) is 4.75. The minimum absolute atomic E-state index is 0.193. The average molecular weight is 321 g/mol. The molecule has 0 saturated carbocycles. The van der Waals surface area contributed by atoms with Crippen LogP contribution < -0.4 is 15.5 Å². The summed E-state index contributed by atoms with van der Waals surface area (Å²) in [6.07, 6.45) is 0. The standard InChI is InChI=1S/C13H13ClN6O2/c1-7-16-12(19-18-7)17-11(21)8-2-3-9(14)10(6-8)20-5-4-15-13(20)22/h2-3,6H,4-5H2,1H3,(H,15,22)(H2,16,17,18,19,21). The molecule has 9 heteroatoms. The third kappa shape index (κ3) is 2.73. The van der Waals surface area contributed by atoms with E-state index in [-0.39, 0.29) is 17.9 Å². The number of aromatic nitrogens is 3. The zero-order chi connectivity index (χ0) is 15.7. The maximum Gasteiger partial charge on any atom is 0.322 e. The first-order valence-corrected chi connectivity index (χ1v) is 6.97. The molecule has 3 rings (SSSR count). The van der Waals surface area contributed by atoms with Crippen LogP contribution in [0.3, 0.4) is 0 Å². The van der Waals surface area contributed by atoms with Gasteiger partial charge in [-0.05, 0) is 25.1 Å². The number of anilines is 2. The molecule has 0 aliphatic carbocycles. The van der Waals surface area contributed by atoms with Gasteiger partial charge in [-0.3, -0.25) is 20.1 Å². The van der Waals surface area contributed by atoms with Crippen LogP contribution in [0.5, 0.6) is 0 Å². The van der Waals surface area contributed by atoms with Gasteiger partial charge in [0.2, 0.25) is 5.95 Å². The van der Waals surface area contributed by atoms with E-state index in [1.807, 2.05) is 0 Å². The number of carbonyl (C=O) groups is 2. The highest BCUT2D eigenvalue weighted by Crippen LogP contribution is 2.28. The Kier molecular flexibility index (Phi) is 3.68. The minimum atomic E-state index is -0.378. The molecule has 1 aromatic heterocycles. The molecule has 0 unspecified atom stereocenters. The molecule has 0 spiro atoms. The van der Waals surface area contributed by atoms with Crippen molar-refractivity contribution in [3.05, 3.63) is 34.6 Å². The van der Waals surface area contributed by atoms with E-state index in [0.717, 1.165) is 0 Å². The molecule has 1 saturated heterocycles. The van der Waals surface area contributed by atoms with Gasteiger partial charge < -0.3 is 5.32 Å². The van der Waals surface area contributed by atoms with Crippen molar-refractivity contribution in [2.45, 2.75) is 6.92 Å². The molecule has 0 bridgehead atoms. The van der Waals surface area contributed by atoms with Crippen LogP contribution in [0.1, 0.15) is 16.2 Å². The van der Waals surface area contributed by atoms with Crippen LogP contribution in [0.25, 0.3) is 0 Å². The third-order valence-corrected chi connectivity index (χ3v) is 3.50. The van der Waals surface area contributed by atoms with Crippen LogP contribution >= 0.6 is 11.6 Å². The van der Waals surface area contributed by atoms with Gasteiger partial charge in [-0.1, -0.05) is 11.6 Å². The Labute approximate surface area is 130 Å². The Morgan fingerprint density at radius 3 is 2.91 bits per heavy atom. The molecule has 0 atom stereocenters. The van der Waals surface area contributed by atoms with Crippen LogP contribution in [-0.4, -0.2) is 40.2 Å². The van der Waals surface area contributed by atoms with Gasteiger partial charge in [-0.2, -0.15) is 4.98 Å². The molecule has 2 aromatic rings. The maximum atomic E-state index is 12.2. The van der Waals surface area contributed by atoms with Gasteiger partial charge in [0.1, 0.15) is 5.82 Å². The van der Waals surface area contributed by atoms with E-state index in [4.69, 9.17) is 11.6 Å². The van der Waals surface area contributed by atoms with Gasteiger partial charge in [0.05, 0.1) is 10.7 Å². The molecular weight excluding hydrogens is 308 g/mol. The summed E-state index contributed by atoms with van der Waals surface area (Å²) in [6, 6.07) is 4.50. The van der Waals surface area contributed by atoms with Crippen molar-refractivity contribution in [1.82, 2.24) is 20.5 Å². The van der Waals surface area contributed by atoms with Crippen LogP contribution in [0.4, 0.5) is 16.4 Å². The summed E-state index contributed by atoms with van der Waals surface area (Å²) in [5, 5.41) is 12.1. The summed E-state index contributed by atoms with van der Waals surface area (Å²) >= 11 is 6.13. The van der Waals surface area contributed by atoms with Crippen molar-refractivity contribution in [3.63, 3.8) is 0 Å². The van der Waals surface area contributed by atoms with Crippen LogP contribution in [0.15, 0.2) is 18.2 Å². The fraction of sp³-hybridized carbons (Fsp3) is 0.231. The Bertz CT molecular complexity index is 744. The SMILES string of the molecule is Cc1nc(NC(=O)c2ccc(Cl)c(N3CCNC3=O)c2)n[nH]1. The highest BCUT2D eigenvalue weighted by molar-refractivity contribution is 6.34. The van der Waals surface area contributed by atoms with E-state index >= 15 is 0 Å². The van der Waals surface area contributed by atoms with Crippen LogP contribution in [0, 0.1) is 6.92 Å². The molecule has 2 heterocycles. The maximum absolute atomic E-state index is 12.2. The van der Waals surface area contributed by atoms with Gasteiger partial charge in [-0.15, -0.1) is 5.10 Å². The lowest BCUT2D eigenvalue weighted by Crippen LogP contribution is -2.28. The first-order valence-electron chi connectivity index (χ1n) is 6.60. The summed E-state index contributed by atoms with van der Waals surface area (Å²) in [5.41, 5.74) is 0.858. The van der Waals surface area contributed by atoms with Gasteiger partial charge >= 0.3 is 6.03 Å². The number of benzene rings is 1.